The van der Waals surface area contributed by atoms with Crippen molar-refractivity contribution in [3.05, 3.63) is 16.3 Å². The lowest BCUT2D eigenvalue weighted by Crippen LogP contribution is -2.04. The fraction of sp³-hybridized carbons (Fsp3) is 0.429. The second-order valence-electron chi connectivity index (χ2n) is 2.12. The van der Waals surface area contributed by atoms with Gasteiger partial charge in [-0.25, -0.2) is 0 Å². The van der Waals surface area contributed by atoms with Crippen LogP contribution in [0.15, 0.2) is 10.8 Å². The summed E-state index contributed by atoms with van der Waals surface area (Å²) < 4.78 is 0. The molecule has 0 amide bonds. The summed E-state index contributed by atoms with van der Waals surface area (Å²) in [7, 11) is 0. The number of hydrogen-bond donors (Lipinski definition) is 2. The first kappa shape index (κ1) is 7.57. The summed E-state index contributed by atoms with van der Waals surface area (Å²) in [5, 5.41) is 15.7. The zero-order valence-corrected chi connectivity index (χ0v) is 6.74. The molecule has 1 heterocycles. The average molecular weight is 157 g/mol. The Bertz CT molecular complexity index is 197. The normalized spacial score (nSPS) is 9.80. The largest absolute Gasteiger partial charge is 0.395 e. The van der Waals surface area contributed by atoms with Crippen LogP contribution in [0.2, 0.25) is 0 Å². The summed E-state index contributed by atoms with van der Waals surface area (Å²) in [5.74, 6) is 0. The van der Waals surface area contributed by atoms with Gasteiger partial charge in [0.05, 0.1) is 6.61 Å². The number of aliphatic hydroxyl groups is 1. The number of hydrogen-bond acceptors (Lipinski definition) is 3. The minimum atomic E-state index is 0.190. The van der Waals surface area contributed by atoms with Crippen LogP contribution in [0, 0.1) is 6.92 Å². The van der Waals surface area contributed by atoms with Gasteiger partial charge in [-0.2, -0.15) is 0 Å². The van der Waals surface area contributed by atoms with Crippen molar-refractivity contribution in [2.24, 2.45) is 0 Å². The molecule has 0 spiro atoms. The Morgan fingerprint density at radius 2 is 2.40 bits per heavy atom. The summed E-state index contributed by atoms with van der Waals surface area (Å²) in [4.78, 5) is 0. The maximum Gasteiger partial charge on any atom is 0.0604 e. The second-order valence-corrected chi connectivity index (χ2v) is 2.86. The zero-order chi connectivity index (χ0) is 7.40. The summed E-state index contributed by atoms with van der Waals surface area (Å²) in [6, 6.07) is 0. The van der Waals surface area contributed by atoms with Crippen molar-refractivity contribution < 1.29 is 5.11 Å². The van der Waals surface area contributed by atoms with Gasteiger partial charge >= 0.3 is 0 Å². The molecule has 0 aromatic carbocycles. The van der Waals surface area contributed by atoms with Gasteiger partial charge in [-0.1, -0.05) is 0 Å². The second kappa shape index (κ2) is 3.58. The van der Waals surface area contributed by atoms with E-state index in [9.17, 15) is 0 Å². The lowest BCUT2D eigenvalue weighted by atomic mass is 10.3. The van der Waals surface area contributed by atoms with Crippen molar-refractivity contribution in [2.75, 3.05) is 18.5 Å². The molecule has 1 aromatic rings. The molecule has 10 heavy (non-hydrogen) atoms. The summed E-state index contributed by atoms with van der Waals surface area (Å²) >= 11 is 1.67. The van der Waals surface area contributed by atoms with E-state index in [4.69, 9.17) is 5.11 Å². The fourth-order valence-corrected chi connectivity index (χ4v) is 1.54. The Balaban J connectivity index is 2.49. The van der Waals surface area contributed by atoms with Crippen LogP contribution in [0.5, 0.6) is 0 Å². The molecule has 1 aromatic heterocycles. The molecule has 0 fully saturated rings. The molecule has 0 atom stereocenters. The summed E-state index contributed by atoms with van der Waals surface area (Å²) in [6.07, 6.45) is 0. The Morgan fingerprint density at radius 3 is 2.90 bits per heavy atom. The van der Waals surface area contributed by atoms with Gasteiger partial charge in [-0.05, 0) is 17.9 Å². The highest BCUT2D eigenvalue weighted by Crippen LogP contribution is 2.18. The van der Waals surface area contributed by atoms with Crippen LogP contribution in [0.25, 0.3) is 0 Å². The summed E-state index contributed by atoms with van der Waals surface area (Å²) in [6.45, 7) is 2.88. The highest BCUT2D eigenvalue weighted by molar-refractivity contribution is 7.08. The lowest BCUT2D eigenvalue weighted by Gasteiger charge is -2.00. The third kappa shape index (κ3) is 1.72. The summed E-state index contributed by atoms with van der Waals surface area (Å²) in [5.41, 5.74) is 2.39. The van der Waals surface area contributed by atoms with Crippen molar-refractivity contribution >= 4 is 17.0 Å². The molecule has 0 aliphatic carbocycles. The van der Waals surface area contributed by atoms with E-state index >= 15 is 0 Å². The first-order valence-corrected chi connectivity index (χ1v) is 4.16. The molecule has 0 bridgehead atoms. The van der Waals surface area contributed by atoms with Gasteiger partial charge in [0.1, 0.15) is 0 Å². The minimum absolute atomic E-state index is 0.190. The molecule has 56 valence electrons. The van der Waals surface area contributed by atoms with Gasteiger partial charge in [-0.3, -0.25) is 0 Å². The Morgan fingerprint density at radius 1 is 1.60 bits per heavy atom. The molecule has 0 radical (unpaired) electrons. The topological polar surface area (TPSA) is 32.3 Å². The number of rotatable bonds is 3. The van der Waals surface area contributed by atoms with Crippen LogP contribution in [0.4, 0.5) is 5.69 Å². The first-order chi connectivity index (χ1) is 4.84. The number of nitrogens with one attached hydrogen (secondary N) is 1. The van der Waals surface area contributed by atoms with Crippen molar-refractivity contribution in [1.82, 2.24) is 0 Å². The molecule has 1 rings (SSSR count). The number of anilines is 1. The molecule has 0 unspecified atom stereocenters. The molecule has 3 heteroatoms. The van der Waals surface area contributed by atoms with Crippen LogP contribution in [-0.2, 0) is 0 Å². The number of aryl methyl sites for hydroxylation is 1. The van der Waals surface area contributed by atoms with Gasteiger partial charge in [0.25, 0.3) is 0 Å². The van der Waals surface area contributed by atoms with Crippen molar-refractivity contribution in [1.29, 1.82) is 0 Å². The first-order valence-electron chi connectivity index (χ1n) is 3.22. The predicted octanol–water partition coefficient (Wildman–Crippen LogP) is 1.46. The van der Waals surface area contributed by atoms with Crippen molar-refractivity contribution in [3.8, 4) is 0 Å². The molecular formula is C7H11NOS. The van der Waals surface area contributed by atoms with Gasteiger partial charge < -0.3 is 10.4 Å². The maximum absolute atomic E-state index is 8.50. The minimum Gasteiger partial charge on any atom is -0.395 e. The van der Waals surface area contributed by atoms with E-state index in [1.807, 2.05) is 5.38 Å². The monoisotopic (exact) mass is 157 g/mol. The third-order valence-electron chi connectivity index (χ3n) is 1.28. The van der Waals surface area contributed by atoms with Gasteiger partial charge in [0.2, 0.25) is 0 Å². The van der Waals surface area contributed by atoms with E-state index in [1.165, 1.54) is 5.56 Å². The van der Waals surface area contributed by atoms with Crippen LogP contribution >= 0.6 is 11.3 Å². The molecule has 0 saturated carbocycles. The quantitative estimate of drug-likeness (QED) is 0.696. The van der Waals surface area contributed by atoms with Crippen LogP contribution in [0.3, 0.4) is 0 Å². The third-order valence-corrected chi connectivity index (χ3v) is 2.14. The zero-order valence-electron chi connectivity index (χ0n) is 5.92. The highest BCUT2D eigenvalue weighted by Gasteiger charge is 1.95. The lowest BCUT2D eigenvalue weighted by molar-refractivity contribution is 0.311. The SMILES string of the molecule is Cc1cscc1NCCO. The smallest absolute Gasteiger partial charge is 0.0604 e. The van der Waals surface area contributed by atoms with E-state index in [0.29, 0.717) is 6.54 Å². The van der Waals surface area contributed by atoms with Crippen molar-refractivity contribution in [2.45, 2.75) is 6.92 Å². The van der Waals surface area contributed by atoms with Crippen LogP contribution in [-0.4, -0.2) is 18.3 Å². The molecule has 0 saturated heterocycles. The number of thiophene rings is 1. The van der Waals surface area contributed by atoms with E-state index in [1.54, 1.807) is 11.3 Å². The van der Waals surface area contributed by atoms with E-state index in [2.05, 4.69) is 17.6 Å². The fourth-order valence-electron chi connectivity index (χ4n) is 0.732. The van der Waals surface area contributed by atoms with Crippen LogP contribution < -0.4 is 5.32 Å². The molecule has 0 aliphatic rings. The predicted molar refractivity (Wildman–Crippen MR) is 44.6 cm³/mol. The average Bonchev–Trinajstić information content (AvgIpc) is 2.31. The standard InChI is InChI=1S/C7H11NOS/c1-6-4-10-5-7(6)8-2-3-9/h4-5,8-9H,2-3H2,1H3. The van der Waals surface area contributed by atoms with E-state index in [0.717, 1.165) is 5.69 Å². The molecule has 0 aliphatic heterocycles. The van der Waals surface area contributed by atoms with Crippen LogP contribution in [0.1, 0.15) is 5.56 Å². The highest BCUT2D eigenvalue weighted by atomic mass is 32.1. The van der Waals surface area contributed by atoms with E-state index in [-0.39, 0.29) is 6.61 Å². The van der Waals surface area contributed by atoms with Gasteiger partial charge in [-0.15, -0.1) is 11.3 Å². The Hall–Kier alpha value is -0.540. The number of aliphatic hydroxyl groups excluding tert-OH is 1. The molecule has 2 N–H and O–H groups in total. The van der Waals surface area contributed by atoms with E-state index < -0.39 is 0 Å². The Labute approximate surface area is 64.5 Å². The van der Waals surface area contributed by atoms with Gasteiger partial charge in [0.15, 0.2) is 0 Å². The Kier molecular flexibility index (Phi) is 2.71. The van der Waals surface area contributed by atoms with Gasteiger partial charge in [0, 0.05) is 17.6 Å². The molecular weight excluding hydrogens is 146 g/mol. The molecule has 2 nitrogen and oxygen atoms in total. The maximum atomic E-state index is 8.50. The van der Waals surface area contributed by atoms with Crippen molar-refractivity contribution in [3.63, 3.8) is 0 Å².